The molecule has 0 heterocycles. The number of aryl methyl sites for hydroxylation is 1. The first-order valence-corrected chi connectivity index (χ1v) is 9.04. The van der Waals surface area contributed by atoms with Crippen molar-refractivity contribution in [2.24, 2.45) is 0 Å². The van der Waals surface area contributed by atoms with Crippen LogP contribution in [0.25, 0.3) is 10.8 Å². The zero-order valence-corrected chi connectivity index (χ0v) is 14.0. The maximum Gasteiger partial charge on any atom is 0.264 e. The van der Waals surface area contributed by atoms with E-state index in [-0.39, 0.29) is 0 Å². The second kappa shape index (κ2) is 6.05. The zero-order chi connectivity index (χ0) is 16.4. The van der Waals surface area contributed by atoms with Gasteiger partial charge in [0, 0.05) is 6.54 Å². The number of hydrogen-bond donors (Lipinski definition) is 0. The van der Waals surface area contributed by atoms with Crippen LogP contribution in [0.3, 0.4) is 0 Å². The molecule has 23 heavy (non-hydrogen) atoms. The fourth-order valence-corrected chi connectivity index (χ4v) is 4.23. The lowest BCUT2D eigenvalue weighted by Crippen LogP contribution is -2.30. The summed E-state index contributed by atoms with van der Waals surface area (Å²) in [5.74, 6) is 0. The average Bonchev–Trinajstić information content (AvgIpc) is 2.55. The van der Waals surface area contributed by atoms with Crippen LogP contribution in [0.4, 0.5) is 5.69 Å². The molecule has 0 N–H and O–H groups in total. The summed E-state index contributed by atoms with van der Waals surface area (Å²) >= 11 is 0. The van der Waals surface area contributed by atoms with Crippen LogP contribution in [-0.2, 0) is 10.0 Å². The number of nitrogens with zero attached hydrogens (tertiary/aromatic N) is 1. The summed E-state index contributed by atoms with van der Waals surface area (Å²) in [6.45, 7) is 4.19. The van der Waals surface area contributed by atoms with Crippen LogP contribution in [0.15, 0.2) is 71.6 Å². The standard InChI is InChI=1S/C19H19NO2S/c1-3-20(18-10-6-7-15(2)13-18)23(21,22)19-12-11-16-8-4-5-9-17(16)14-19/h4-14H,3H2,1-2H3. The highest BCUT2D eigenvalue weighted by Crippen LogP contribution is 2.26. The Morgan fingerprint density at radius 2 is 1.61 bits per heavy atom. The van der Waals surface area contributed by atoms with Crippen LogP contribution < -0.4 is 4.31 Å². The van der Waals surface area contributed by atoms with Gasteiger partial charge in [-0.25, -0.2) is 8.42 Å². The molecule has 0 amide bonds. The molecule has 3 rings (SSSR count). The molecule has 0 radical (unpaired) electrons. The fourth-order valence-electron chi connectivity index (χ4n) is 2.73. The highest BCUT2D eigenvalue weighted by atomic mass is 32.2. The Morgan fingerprint density at radius 3 is 2.30 bits per heavy atom. The van der Waals surface area contributed by atoms with Crippen molar-refractivity contribution in [3.8, 4) is 0 Å². The Hall–Kier alpha value is -2.33. The lowest BCUT2D eigenvalue weighted by Gasteiger charge is -2.23. The van der Waals surface area contributed by atoms with Crippen molar-refractivity contribution in [2.45, 2.75) is 18.7 Å². The first-order valence-electron chi connectivity index (χ1n) is 7.60. The zero-order valence-electron chi connectivity index (χ0n) is 13.2. The van der Waals surface area contributed by atoms with E-state index in [0.717, 1.165) is 16.3 Å². The van der Waals surface area contributed by atoms with Gasteiger partial charge in [-0.2, -0.15) is 0 Å². The van der Waals surface area contributed by atoms with E-state index in [1.54, 1.807) is 12.1 Å². The van der Waals surface area contributed by atoms with Crippen LogP contribution in [0, 0.1) is 6.92 Å². The van der Waals surface area contributed by atoms with Gasteiger partial charge in [0.25, 0.3) is 10.0 Å². The maximum atomic E-state index is 13.0. The Morgan fingerprint density at radius 1 is 0.870 bits per heavy atom. The lowest BCUT2D eigenvalue weighted by atomic mass is 10.1. The molecule has 0 fully saturated rings. The molecule has 3 aromatic rings. The van der Waals surface area contributed by atoms with Gasteiger partial charge in [0.2, 0.25) is 0 Å². The maximum absolute atomic E-state index is 13.0. The van der Waals surface area contributed by atoms with E-state index in [2.05, 4.69) is 0 Å². The SMILES string of the molecule is CCN(c1cccc(C)c1)S(=O)(=O)c1ccc2ccccc2c1. The molecule has 0 bridgehead atoms. The summed E-state index contributed by atoms with van der Waals surface area (Å²) in [6.07, 6.45) is 0. The van der Waals surface area contributed by atoms with Crippen LogP contribution in [0.2, 0.25) is 0 Å². The molecule has 4 heteroatoms. The monoisotopic (exact) mass is 325 g/mol. The van der Waals surface area contributed by atoms with E-state index in [1.807, 2.05) is 68.4 Å². The molecule has 0 unspecified atom stereocenters. The Kier molecular flexibility index (Phi) is 4.09. The van der Waals surface area contributed by atoms with Crippen molar-refractivity contribution in [3.63, 3.8) is 0 Å². The smallest absolute Gasteiger partial charge is 0.264 e. The number of hydrogen-bond acceptors (Lipinski definition) is 2. The van der Waals surface area contributed by atoms with Crippen molar-refractivity contribution in [1.82, 2.24) is 0 Å². The van der Waals surface area contributed by atoms with Gasteiger partial charge < -0.3 is 0 Å². The van der Waals surface area contributed by atoms with Gasteiger partial charge >= 0.3 is 0 Å². The van der Waals surface area contributed by atoms with Crippen LogP contribution >= 0.6 is 0 Å². The van der Waals surface area contributed by atoms with Gasteiger partial charge in [-0.3, -0.25) is 4.31 Å². The van der Waals surface area contributed by atoms with E-state index < -0.39 is 10.0 Å². The average molecular weight is 325 g/mol. The third-order valence-electron chi connectivity index (χ3n) is 3.89. The van der Waals surface area contributed by atoms with E-state index in [0.29, 0.717) is 17.1 Å². The molecule has 3 nitrogen and oxygen atoms in total. The summed E-state index contributed by atoms with van der Waals surface area (Å²) in [7, 11) is -3.58. The summed E-state index contributed by atoms with van der Waals surface area (Å²) in [5.41, 5.74) is 1.73. The highest BCUT2D eigenvalue weighted by molar-refractivity contribution is 7.92. The largest absolute Gasteiger partial charge is 0.267 e. The number of sulfonamides is 1. The highest BCUT2D eigenvalue weighted by Gasteiger charge is 2.23. The molecule has 0 aromatic heterocycles. The topological polar surface area (TPSA) is 37.4 Å². The van der Waals surface area contributed by atoms with Gasteiger partial charge in [0.05, 0.1) is 10.6 Å². The number of rotatable bonds is 4. The van der Waals surface area contributed by atoms with E-state index in [1.165, 1.54) is 4.31 Å². The summed E-state index contributed by atoms with van der Waals surface area (Å²) in [4.78, 5) is 0.319. The number of benzene rings is 3. The molecule has 0 saturated carbocycles. The van der Waals surface area contributed by atoms with E-state index >= 15 is 0 Å². The third-order valence-corrected chi connectivity index (χ3v) is 5.78. The minimum absolute atomic E-state index is 0.319. The van der Waals surface area contributed by atoms with Crippen LogP contribution in [0.5, 0.6) is 0 Å². The van der Waals surface area contributed by atoms with E-state index in [9.17, 15) is 8.42 Å². The minimum Gasteiger partial charge on any atom is -0.267 e. The quantitative estimate of drug-likeness (QED) is 0.714. The fraction of sp³-hybridized carbons (Fsp3) is 0.158. The summed E-state index contributed by atoms with van der Waals surface area (Å²) in [6, 6.07) is 20.6. The Labute approximate surface area is 137 Å². The Balaban J connectivity index is 2.10. The van der Waals surface area contributed by atoms with Crippen LogP contribution in [0.1, 0.15) is 12.5 Å². The first-order chi connectivity index (χ1) is 11.0. The van der Waals surface area contributed by atoms with Crippen molar-refractivity contribution < 1.29 is 8.42 Å². The number of anilines is 1. The summed E-state index contributed by atoms with van der Waals surface area (Å²) < 4.78 is 27.5. The Bertz CT molecular complexity index is 948. The predicted octanol–water partition coefficient (Wildman–Crippen LogP) is 4.36. The third kappa shape index (κ3) is 2.94. The first kappa shape index (κ1) is 15.6. The van der Waals surface area contributed by atoms with Crippen molar-refractivity contribution in [2.75, 3.05) is 10.8 Å². The molecule has 3 aromatic carbocycles. The molecule has 118 valence electrons. The minimum atomic E-state index is -3.58. The molecule has 0 aliphatic carbocycles. The normalized spacial score (nSPS) is 11.6. The van der Waals surface area contributed by atoms with Gasteiger partial charge in [0.15, 0.2) is 0 Å². The second-order valence-electron chi connectivity index (χ2n) is 5.52. The summed E-state index contributed by atoms with van der Waals surface area (Å²) in [5, 5.41) is 1.96. The van der Waals surface area contributed by atoms with Gasteiger partial charge in [-0.15, -0.1) is 0 Å². The van der Waals surface area contributed by atoms with Gasteiger partial charge in [-0.05, 0) is 54.4 Å². The molecule has 0 spiro atoms. The van der Waals surface area contributed by atoms with Gasteiger partial charge in [-0.1, -0.05) is 42.5 Å². The van der Waals surface area contributed by atoms with Crippen molar-refractivity contribution in [3.05, 3.63) is 72.3 Å². The molecular weight excluding hydrogens is 306 g/mol. The van der Waals surface area contributed by atoms with Crippen LogP contribution in [-0.4, -0.2) is 15.0 Å². The lowest BCUT2D eigenvalue weighted by molar-refractivity contribution is 0.592. The predicted molar refractivity (Wildman–Crippen MR) is 95.3 cm³/mol. The molecule has 0 saturated heterocycles. The van der Waals surface area contributed by atoms with Crippen molar-refractivity contribution >= 4 is 26.5 Å². The second-order valence-corrected chi connectivity index (χ2v) is 7.38. The molecular formula is C19H19NO2S. The number of fused-ring (bicyclic) bond motifs is 1. The van der Waals surface area contributed by atoms with Crippen molar-refractivity contribution in [1.29, 1.82) is 0 Å². The molecule has 0 aliphatic rings. The molecule has 0 atom stereocenters. The van der Waals surface area contributed by atoms with E-state index in [4.69, 9.17) is 0 Å². The van der Waals surface area contributed by atoms with Gasteiger partial charge in [0.1, 0.15) is 0 Å². The molecule has 0 aliphatic heterocycles.